The van der Waals surface area contributed by atoms with E-state index in [1.165, 1.54) is 16.7 Å². The van der Waals surface area contributed by atoms with E-state index in [1.54, 1.807) is 26.3 Å². The van der Waals surface area contributed by atoms with Crippen LogP contribution in [-0.4, -0.2) is 49.6 Å². The molecule has 2 aliphatic carbocycles. The molecule has 28 heavy (non-hydrogen) atoms. The molecule has 1 fully saturated rings. The lowest BCUT2D eigenvalue weighted by atomic mass is 9.69. The normalized spacial score (nSPS) is 27.1. The Morgan fingerprint density at radius 1 is 1.39 bits per heavy atom. The standard InChI is InChI=1S/C20H26F2N2O3S/c1-24(12-25)19(28-3)23-17-16-10-15(27-18(21)22)5-4-13(16)11-20(17)8-6-14(26-2)7-9-20/h4-5,10,12,14,17-18H,6-9,11H2,1-3H3. The van der Waals surface area contributed by atoms with Gasteiger partial charge in [0.25, 0.3) is 0 Å². The van der Waals surface area contributed by atoms with Gasteiger partial charge in [0.05, 0.1) is 12.1 Å². The van der Waals surface area contributed by atoms with Gasteiger partial charge in [0, 0.05) is 19.6 Å². The van der Waals surface area contributed by atoms with Crippen molar-refractivity contribution in [3.8, 4) is 5.75 Å². The first-order valence-electron chi connectivity index (χ1n) is 9.33. The summed E-state index contributed by atoms with van der Waals surface area (Å²) in [5, 5.41) is 0.612. The number of carbonyl (C=O) groups is 1. The van der Waals surface area contributed by atoms with Crippen molar-refractivity contribution in [1.29, 1.82) is 0 Å². The minimum atomic E-state index is -2.87. The zero-order valence-electron chi connectivity index (χ0n) is 16.4. The number of amidine groups is 1. The molecule has 1 unspecified atom stereocenters. The van der Waals surface area contributed by atoms with Crippen LogP contribution in [0.1, 0.15) is 42.9 Å². The molecular formula is C20H26F2N2O3S. The third kappa shape index (κ3) is 4.17. The van der Waals surface area contributed by atoms with E-state index in [4.69, 9.17) is 9.73 Å². The first-order chi connectivity index (χ1) is 13.4. The van der Waals surface area contributed by atoms with Crippen molar-refractivity contribution in [2.45, 2.75) is 50.9 Å². The molecule has 1 saturated carbocycles. The Labute approximate surface area is 168 Å². The second kappa shape index (κ2) is 8.78. The molecule has 3 rings (SSSR count). The van der Waals surface area contributed by atoms with Gasteiger partial charge < -0.3 is 9.47 Å². The first kappa shape index (κ1) is 21.0. The van der Waals surface area contributed by atoms with Crippen LogP contribution in [0.3, 0.4) is 0 Å². The van der Waals surface area contributed by atoms with Crippen molar-refractivity contribution in [3.63, 3.8) is 0 Å². The number of carbonyl (C=O) groups excluding carboxylic acids is 1. The third-order valence-electron chi connectivity index (χ3n) is 5.90. The number of benzene rings is 1. The number of hydrogen-bond acceptors (Lipinski definition) is 5. The minimum Gasteiger partial charge on any atom is -0.435 e. The number of amides is 1. The van der Waals surface area contributed by atoms with E-state index in [0.29, 0.717) is 5.17 Å². The molecule has 1 atom stereocenters. The highest BCUT2D eigenvalue weighted by Crippen LogP contribution is 2.57. The molecule has 0 N–H and O–H groups in total. The SMILES string of the molecule is COC1CCC2(CC1)Cc1ccc(OC(F)F)cc1C2N=C(SC)N(C)C=O. The van der Waals surface area contributed by atoms with Crippen molar-refractivity contribution >= 4 is 23.3 Å². The Kier molecular flexibility index (Phi) is 6.60. The van der Waals surface area contributed by atoms with Gasteiger partial charge in [-0.2, -0.15) is 8.78 Å². The average Bonchev–Trinajstić information content (AvgIpc) is 2.97. The summed E-state index contributed by atoms with van der Waals surface area (Å²) in [5.41, 5.74) is 1.94. The van der Waals surface area contributed by atoms with Crippen LogP contribution in [0.5, 0.6) is 5.75 Å². The molecule has 1 spiro atoms. The molecule has 154 valence electrons. The topological polar surface area (TPSA) is 51.1 Å². The maximum atomic E-state index is 12.7. The van der Waals surface area contributed by atoms with Gasteiger partial charge in [-0.25, -0.2) is 0 Å². The quantitative estimate of drug-likeness (QED) is 0.412. The highest BCUT2D eigenvalue weighted by molar-refractivity contribution is 8.13. The molecule has 2 aliphatic rings. The first-order valence-corrected chi connectivity index (χ1v) is 10.5. The molecule has 8 heteroatoms. The monoisotopic (exact) mass is 412 g/mol. The Hall–Kier alpha value is -1.67. The summed E-state index contributed by atoms with van der Waals surface area (Å²) in [6, 6.07) is 4.95. The summed E-state index contributed by atoms with van der Waals surface area (Å²) < 4.78 is 35.6. The zero-order chi connectivity index (χ0) is 20.3. The van der Waals surface area contributed by atoms with E-state index < -0.39 is 6.61 Å². The minimum absolute atomic E-state index is 0.0917. The Morgan fingerprint density at radius 3 is 2.68 bits per heavy atom. The smallest absolute Gasteiger partial charge is 0.387 e. The van der Waals surface area contributed by atoms with E-state index >= 15 is 0 Å². The molecule has 0 radical (unpaired) electrons. The van der Waals surface area contributed by atoms with Crippen molar-refractivity contribution in [3.05, 3.63) is 29.3 Å². The predicted octanol–water partition coefficient (Wildman–Crippen LogP) is 4.27. The molecule has 0 saturated heterocycles. The summed E-state index contributed by atoms with van der Waals surface area (Å²) in [7, 11) is 3.41. The highest BCUT2D eigenvalue weighted by Gasteiger charge is 2.48. The number of halogens is 2. The van der Waals surface area contributed by atoms with E-state index in [9.17, 15) is 13.6 Å². The average molecular weight is 413 g/mol. The van der Waals surface area contributed by atoms with Crippen molar-refractivity contribution in [2.24, 2.45) is 10.4 Å². The van der Waals surface area contributed by atoms with Gasteiger partial charge in [-0.05, 0) is 61.6 Å². The van der Waals surface area contributed by atoms with Crippen LogP contribution in [0.4, 0.5) is 8.78 Å². The van der Waals surface area contributed by atoms with Gasteiger partial charge in [-0.1, -0.05) is 17.8 Å². The summed E-state index contributed by atoms with van der Waals surface area (Å²) in [6.45, 7) is -2.87. The molecule has 1 aromatic rings. The fraction of sp³-hybridized carbons (Fsp3) is 0.600. The molecule has 5 nitrogen and oxygen atoms in total. The van der Waals surface area contributed by atoms with Gasteiger partial charge >= 0.3 is 6.61 Å². The molecule has 0 bridgehead atoms. The van der Waals surface area contributed by atoms with Gasteiger partial charge in [-0.15, -0.1) is 0 Å². The van der Waals surface area contributed by atoms with Gasteiger partial charge in [0.15, 0.2) is 5.17 Å². The molecule has 0 aliphatic heterocycles. The Morgan fingerprint density at radius 2 is 2.11 bits per heavy atom. The van der Waals surface area contributed by atoms with Crippen LogP contribution >= 0.6 is 11.8 Å². The number of fused-ring (bicyclic) bond motifs is 1. The number of nitrogens with zero attached hydrogens (tertiary/aromatic N) is 2. The van der Waals surface area contributed by atoms with Crippen molar-refractivity contribution in [2.75, 3.05) is 20.4 Å². The van der Waals surface area contributed by atoms with E-state index in [0.717, 1.165) is 49.6 Å². The van der Waals surface area contributed by atoms with Crippen molar-refractivity contribution in [1.82, 2.24) is 4.90 Å². The number of alkyl halides is 2. The predicted molar refractivity (Wildman–Crippen MR) is 106 cm³/mol. The second-order valence-electron chi connectivity index (χ2n) is 7.45. The second-order valence-corrected chi connectivity index (χ2v) is 8.22. The summed E-state index contributed by atoms with van der Waals surface area (Å²) >= 11 is 1.40. The molecule has 1 aromatic carbocycles. The van der Waals surface area contributed by atoms with E-state index in [-0.39, 0.29) is 23.3 Å². The van der Waals surface area contributed by atoms with Crippen LogP contribution in [0, 0.1) is 5.41 Å². The number of hydrogen-bond donors (Lipinski definition) is 0. The van der Waals surface area contributed by atoms with Crippen LogP contribution in [0.2, 0.25) is 0 Å². The zero-order valence-corrected chi connectivity index (χ0v) is 17.2. The molecule has 0 heterocycles. The number of ether oxygens (including phenoxy) is 2. The number of rotatable bonds is 5. The van der Waals surface area contributed by atoms with Gasteiger partial charge in [0.2, 0.25) is 6.41 Å². The largest absolute Gasteiger partial charge is 0.435 e. The van der Waals surface area contributed by atoms with Crippen LogP contribution in [0.15, 0.2) is 23.2 Å². The van der Waals surface area contributed by atoms with Crippen LogP contribution in [-0.2, 0) is 16.0 Å². The lowest BCUT2D eigenvalue weighted by Gasteiger charge is -2.40. The third-order valence-corrected chi connectivity index (χ3v) is 6.66. The van der Waals surface area contributed by atoms with Crippen LogP contribution < -0.4 is 4.74 Å². The van der Waals surface area contributed by atoms with Gasteiger partial charge in [0.1, 0.15) is 5.75 Å². The fourth-order valence-corrected chi connectivity index (χ4v) is 5.01. The maximum absolute atomic E-state index is 12.7. The van der Waals surface area contributed by atoms with E-state index in [2.05, 4.69) is 4.74 Å². The number of aliphatic imine (C=N–C) groups is 1. The van der Waals surface area contributed by atoms with E-state index in [1.807, 2.05) is 12.3 Å². The summed E-state index contributed by atoms with van der Waals surface area (Å²) in [5.74, 6) is 0.144. The highest BCUT2D eigenvalue weighted by atomic mass is 32.2. The Balaban J connectivity index is 2.01. The number of thioether (sulfide) groups is 1. The Bertz CT molecular complexity index is 736. The van der Waals surface area contributed by atoms with Gasteiger partial charge in [-0.3, -0.25) is 14.7 Å². The molecule has 1 amide bonds. The fourth-order valence-electron chi connectivity index (χ4n) is 4.47. The van der Waals surface area contributed by atoms with Crippen molar-refractivity contribution < 1.29 is 23.0 Å². The molecule has 0 aromatic heterocycles. The lowest BCUT2D eigenvalue weighted by molar-refractivity contribution is -0.113. The summed E-state index contributed by atoms with van der Waals surface area (Å²) in [6.07, 6.45) is 7.44. The lowest BCUT2D eigenvalue weighted by Crippen LogP contribution is -2.34. The van der Waals surface area contributed by atoms with Crippen LogP contribution in [0.25, 0.3) is 0 Å². The number of methoxy groups -OCH3 is 1. The maximum Gasteiger partial charge on any atom is 0.387 e. The summed E-state index contributed by atoms with van der Waals surface area (Å²) in [4.78, 5) is 17.7. The molecular weight excluding hydrogens is 386 g/mol.